The molecule has 0 aromatic heterocycles. The molecule has 1 aliphatic carbocycles. The van der Waals surface area contributed by atoms with Crippen LogP contribution in [-0.4, -0.2) is 51.6 Å². The average molecular weight is 534 g/mol. The average Bonchev–Trinajstić information content (AvgIpc) is 3.14. The third-order valence-electron chi connectivity index (χ3n) is 7.18. The van der Waals surface area contributed by atoms with Crippen molar-refractivity contribution in [3.05, 3.63) is 83.7 Å². The van der Waals surface area contributed by atoms with Crippen molar-refractivity contribution in [2.75, 3.05) is 6.54 Å². The number of hydrogen-bond acceptors (Lipinski definition) is 4. The van der Waals surface area contributed by atoms with Crippen LogP contribution in [0.4, 0.5) is 4.39 Å². The molecule has 0 saturated carbocycles. The zero-order valence-corrected chi connectivity index (χ0v) is 22.7. The summed E-state index contributed by atoms with van der Waals surface area (Å²) in [7, 11) is 0. The van der Waals surface area contributed by atoms with E-state index in [-0.39, 0.29) is 61.4 Å². The number of nitrogens with zero attached hydrogens (tertiary/aromatic N) is 2. The minimum Gasteiger partial charge on any atom is -0.350 e. The maximum absolute atomic E-state index is 13.8. The molecule has 2 aliphatic rings. The van der Waals surface area contributed by atoms with E-state index in [1.165, 1.54) is 21.9 Å². The Morgan fingerprint density at radius 3 is 2.10 bits per heavy atom. The molecule has 0 bridgehead atoms. The minimum atomic E-state index is -0.860. The lowest BCUT2D eigenvalue weighted by Crippen LogP contribution is -2.54. The van der Waals surface area contributed by atoms with Crippen LogP contribution in [0.15, 0.2) is 66.7 Å². The number of hydrogen-bond donors (Lipinski definition) is 1. The van der Waals surface area contributed by atoms with Crippen molar-refractivity contribution >= 4 is 23.6 Å². The Morgan fingerprint density at radius 2 is 1.54 bits per heavy atom. The first-order valence-corrected chi connectivity index (χ1v) is 13.4. The molecule has 0 unspecified atom stereocenters. The van der Waals surface area contributed by atoms with Gasteiger partial charge < -0.3 is 10.2 Å². The van der Waals surface area contributed by atoms with Crippen molar-refractivity contribution in [1.82, 2.24) is 15.1 Å². The Morgan fingerprint density at radius 1 is 0.949 bits per heavy atom. The van der Waals surface area contributed by atoms with Gasteiger partial charge in [-0.1, -0.05) is 54.6 Å². The van der Waals surface area contributed by atoms with Crippen molar-refractivity contribution in [2.24, 2.45) is 11.8 Å². The topological polar surface area (TPSA) is 86.8 Å². The molecule has 1 N–H and O–H groups in total. The van der Waals surface area contributed by atoms with Gasteiger partial charge in [0.2, 0.25) is 23.6 Å². The van der Waals surface area contributed by atoms with Crippen LogP contribution in [0, 0.1) is 17.7 Å². The van der Waals surface area contributed by atoms with Gasteiger partial charge in [-0.3, -0.25) is 24.1 Å². The Hall–Kier alpha value is -3.81. The molecule has 7 nitrogen and oxygen atoms in total. The molecule has 2 aromatic carbocycles. The molecule has 3 atom stereocenters. The minimum absolute atomic E-state index is 0.0393. The molecular weight excluding hydrogens is 497 g/mol. The Kier molecular flexibility index (Phi) is 8.63. The fourth-order valence-corrected chi connectivity index (χ4v) is 5.23. The molecular formula is C31H36FN3O4. The van der Waals surface area contributed by atoms with E-state index < -0.39 is 17.4 Å². The van der Waals surface area contributed by atoms with Crippen LogP contribution in [-0.2, 0) is 32.1 Å². The predicted molar refractivity (Wildman–Crippen MR) is 145 cm³/mol. The van der Waals surface area contributed by atoms with Crippen LogP contribution in [0.3, 0.4) is 0 Å². The van der Waals surface area contributed by atoms with Crippen LogP contribution < -0.4 is 5.32 Å². The number of rotatable bonds is 9. The number of halogens is 1. The van der Waals surface area contributed by atoms with E-state index in [4.69, 9.17) is 0 Å². The van der Waals surface area contributed by atoms with Gasteiger partial charge in [-0.2, -0.15) is 0 Å². The SMILES string of the molecule is CC(C)(C)NC(=O)[C@H](Cc1ccccc1)N(Cc1ccc(F)cc1)C(=O)CCN1C(=O)[C@H]2CC=CC[C@H]2C1=O. The molecule has 4 amide bonds. The van der Waals surface area contributed by atoms with Gasteiger partial charge in [0, 0.05) is 31.5 Å². The van der Waals surface area contributed by atoms with Crippen LogP contribution in [0.25, 0.3) is 0 Å². The number of carbonyl (C=O) groups is 4. The Bertz CT molecular complexity index is 1210. The van der Waals surface area contributed by atoms with Gasteiger partial charge in [-0.15, -0.1) is 0 Å². The smallest absolute Gasteiger partial charge is 0.243 e. The monoisotopic (exact) mass is 533 g/mol. The number of amides is 4. The van der Waals surface area contributed by atoms with E-state index >= 15 is 0 Å². The fourth-order valence-electron chi connectivity index (χ4n) is 5.23. The largest absolute Gasteiger partial charge is 0.350 e. The Labute approximate surface area is 229 Å². The second-order valence-electron chi connectivity index (χ2n) is 11.3. The number of imide groups is 1. The summed E-state index contributed by atoms with van der Waals surface area (Å²) in [5.74, 6) is -2.28. The second-order valence-corrected chi connectivity index (χ2v) is 11.3. The zero-order chi connectivity index (χ0) is 28.2. The Balaban J connectivity index is 1.60. The summed E-state index contributed by atoms with van der Waals surface area (Å²) in [6.45, 7) is 5.65. The molecule has 1 heterocycles. The van der Waals surface area contributed by atoms with Crippen LogP contribution >= 0.6 is 0 Å². The van der Waals surface area contributed by atoms with E-state index in [9.17, 15) is 23.6 Å². The number of likely N-dealkylation sites (tertiary alicyclic amines) is 1. The third kappa shape index (κ3) is 6.99. The second kappa shape index (κ2) is 11.9. The number of allylic oxidation sites excluding steroid dienone is 2. The molecule has 1 saturated heterocycles. The van der Waals surface area contributed by atoms with E-state index in [1.54, 1.807) is 12.1 Å². The lowest BCUT2D eigenvalue weighted by Gasteiger charge is -2.34. The lowest BCUT2D eigenvalue weighted by atomic mass is 9.85. The summed E-state index contributed by atoms with van der Waals surface area (Å²) in [5.41, 5.74) is 1.01. The first-order valence-electron chi connectivity index (χ1n) is 13.4. The first-order chi connectivity index (χ1) is 18.5. The van der Waals surface area contributed by atoms with Gasteiger partial charge in [0.1, 0.15) is 11.9 Å². The van der Waals surface area contributed by atoms with Gasteiger partial charge in [0.25, 0.3) is 0 Å². The summed E-state index contributed by atoms with van der Waals surface area (Å²) >= 11 is 0. The number of benzene rings is 2. The maximum Gasteiger partial charge on any atom is 0.243 e. The van der Waals surface area contributed by atoms with E-state index in [1.807, 2.05) is 63.3 Å². The normalized spacial score (nSPS) is 19.5. The van der Waals surface area contributed by atoms with Gasteiger partial charge in [-0.05, 0) is 56.9 Å². The molecule has 1 fully saturated rings. The summed E-state index contributed by atoms with van der Waals surface area (Å²) in [6, 6.07) is 14.4. The van der Waals surface area contributed by atoms with E-state index in [2.05, 4.69) is 5.32 Å². The highest BCUT2D eigenvalue weighted by Crippen LogP contribution is 2.35. The number of nitrogens with one attached hydrogen (secondary N) is 1. The van der Waals surface area contributed by atoms with Crippen LogP contribution in [0.5, 0.6) is 0 Å². The van der Waals surface area contributed by atoms with Crippen molar-refractivity contribution in [2.45, 2.75) is 64.6 Å². The molecule has 206 valence electrons. The quantitative estimate of drug-likeness (QED) is 0.390. The van der Waals surface area contributed by atoms with Crippen molar-refractivity contribution < 1.29 is 23.6 Å². The molecule has 8 heteroatoms. The van der Waals surface area contributed by atoms with Gasteiger partial charge in [0.15, 0.2) is 0 Å². The highest BCUT2D eigenvalue weighted by Gasteiger charge is 2.47. The maximum atomic E-state index is 13.8. The van der Waals surface area contributed by atoms with Gasteiger partial charge >= 0.3 is 0 Å². The molecule has 4 rings (SSSR count). The van der Waals surface area contributed by atoms with Crippen molar-refractivity contribution in [3.63, 3.8) is 0 Å². The van der Waals surface area contributed by atoms with Crippen molar-refractivity contribution in [1.29, 1.82) is 0 Å². The zero-order valence-electron chi connectivity index (χ0n) is 22.7. The van der Waals surface area contributed by atoms with Crippen molar-refractivity contribution in [3.8, 4) is 0 Å². The van der Waals surface area contributed by atoms with Crippen LogP contribution in [0.2, 0.25) is 0 Å². The van der Waals surface area contributed by atoms with E-state index in [0.29, 0.717) is 18.4 Å². The van der Waals surface area contributed by atoms with Gasteiger partial charge in [-0.25, -0.2) is 4.39 Å². The standard InChI is InChI=1S/C31H36FN3O4/c1-31(2,3)33-28(37)26(19-21-9-5-4-6-10-21)35(20-22-13-15-23(32)16-14-22)27(36)17-18-34-29(38)24-11-7-8-12-25(24)30(34)39/h4-10,13-16,24-26H,11-12,17-20H2,1-3H3,(H,33,37)/t24-,25+,26-/m0/s1. The fraction of sp³-hybridized carbons (Fsp3) is 0.419. The van der Waals surface area contributed by atoms with E-state index in [0.717, 1.165) is 5.56 Å². The van der Waals surface area contributed by atoms with Crippen LogP contribution in [0.1, 0.15) is 51.2 Å². The first kappa shape index (κ1) is 28.2. The lowest BCUT2D eigenvalue weighted by molar-refractivity contribution is -0.144. The molecule has 0 spiro atoms. The number of fused-ring (bicyclic) bond motifs is 1. The molecule has 0 radical (unpaired) electrons. The molecule has 1 aliphatic heterocycles. The summed E-state index contributed by atoms with van der Waals surface area (Å²) in [4.78, 5) is 56.0. The summed E-state index contributed by atoms with van der Waals surface area (Å²) < 4.78 is 13.6. The highest BCUT2D eigenvalue weighted by atomic mass is 19.1. The summed E-state index contributed by atoms with van der Waals surface area (Å²) in [6.07, 6.45) is 5.07. The third-order valence-corrected chi connectivity index (χ3v) is 7.18. The van der Waals surface area contributed by atoms with Gasteiger partial charge in [0.05, 0.1) is 11.8 Å². The molecule has 2 aromatic rings. The highest BCUT2D eigenvalue weighted by molar-refractivity contribution is 6.05. The molecule has 39 heavy (non-hydrogen) atoms. The predicted octanol–water partition coefficient (Wildman–Crippen LogP) is 4.02. The summed E-state index contributed by atoms with van der Waals surface area (Å²) in [5, 5.41) is 3.00. The number of carbonyl (C=O) groups excluding carboxylic acids is 4.